The van der Waals surface area contributed by atoms with E-state index in [1.54, 1.807) is 6.92 Å². The maximum Gasteiger partial charge on any atom is 0.146 e. The van der Waals surface area contributed by atoms with E-state index in [2.05, 4.69) is 19.2 Å². The fourth-order valence-corrected chi connectivity index (χ4v) is 2.98. The molecular weight excluding hydrogens is 186 g/mol. The van der Waals surface area contributed by atoms with Crippen LogP contribution >= 0.6 is 0 Å². The average molecular weight is 211 g/mol. The van der Waals surface area contributed by atoms with E-state index < -0.39 is 0 Å². The molecule has 0 radical (unpaired) electrons. The van der Waals surface area contributed by atoms with Crippen molar-refractivity contribution < 1.29 is 4.79 Å². The van der Waals surface area contributed by atoms with Crippen LogP contribution in [0.2, 0.25) is 0 Å². The van der Waals surface area contributed by atoms with Gasteiger partial charge >= 0.3 is 0 Å². The van der Waals surface area contributed by atoms with E-state index in [4.69, 9.17) is 0 Å². The highest BCUT2D eigenvalue weighted by atomic mass is 16.1. The first-order valence-electron chi connectivity index (χ1n) is 6.27. The number of nitrogens with one attached hydrogen (secondary N) is 1. The third kappa shape index (κ3) is 2.41. The Morgan fingerprint density at radius 3 is 2.47 bits per heavy atom. The van der Waals surface area contributed by atoms with Gasteiger partial charge in [-0.2, -0.15) is 0 Å². The number of carbonyl (C=O) groups excluding carboxylic acids is 1. The molecule has 1 heterocycles. The molecule has 2 aliphatic rings. The predicted octanol–water partition coefficient (Wildman–Crippen LogP) is 2.77. The van der Waals surface area contributed by atoms with E-state index in [-0.39, 0.29) is 6.04 Å². The highest BCUT2D eigenvalue weighted by molar-refractivity contribution is 5.82. The monoisotopic (exact) mass is 211 g/mol. The molecule has 1 saturated heterocycles. The summed E-state index contributed by atoms with van der Waals surface area (Å²) in [7, 11) is 0. The summed E-state index contributed by atoms with van der Waals surface area (Å²) in [5.41, 5.74) is 0.357. The van der Waals surface area contributed by atoms with Crippen LogP contribution in [0.1, 0.15) is 53.9 Å². The first-order chi connectivity index (χ1) is 7.00. The molecule has 1 N–H and O–H groups in total. The van der Waals surface area contributed by atoms with E-state index in [9.17, 15) is 4.79 Å². The summed E-state index contributed by atoms with van der Waals surface area (Å²) in [6.45, 7) is 10.3. The van der Waals surface area contributed by atoms with E-state index >= 15 is 0 Å². The van der Waals surface area contributed by atoms with Gasteiger partial charge in [0.25, 0.3) is 0 Å². The van der Waals surface area contributed by atoms with Crippen molar-refractivity contribution in [3.05, 3.63) is 0 Å². The minimum atomic E-state index is 0.141. The van der Waals surface area contributed by atoms with Crippen LogP contribution in [-0.4, -0.2) is 17.9 Å². The third-order valence-corrected chi connectivity index (χ3v) is 3.93. The van der Waals surface area contributed by atoms with E-state index in [1.807, 2.05) is 13.8 Å². The second kappa shape index (κ2) is 4.65. The number of hydrogen-bond donors (Lipinski definition) is 1. The lowest BCUT2D eigenvalue weighted by Gasteiger charge is -2.36. The van der Waals surface area contributed by atoms with E-state index in [0.717, 1.165) is 0 Å². The van der Waals surface area contributed by atoms with Crippen LogP contribution in [0, 0.1) is 11.3 Å². The number of fused-ring (bicyclic) bond motifs is 2. The molecule has 88 valence electrons. The molecule has 1 aliphatic carbocycles. The molecule has 15 heavy (non-hydrogen) atoms. The zero-order valence-corrected chi connectivity index (χ0v) is 10.8. The van der Waals surface area contributed by atoms with Gasteiger partial charge in [0, 0.05) is 6.04 Å². The topological polar surface area (TPSA) is 29.1 Å². The van der Waals surface area contributed by atoms with Crippen molar-refractivity contribution in [2.45, 2.75) is 66.0 Å². The molecule has 0 spiro atoms. The number of rotatable bonds is 1. The van der Waals surface area contributed by atoms with Crippen LogP contribution in [0.4, 0.5) is 0 Å². The Kier molecular flexibility index (Phi) is 3.93. The van der Waals surface area contributed by atoms with Gasteiger partial charge < -0.3 is 5.32 Å². The molecule has 1 saturated carbocycles. The van der Waals surface area contributed by atoms with Crippen molar-refractivity contribution in [3.8, 4) is 0 Å². The minimum absolute atomic E-state index is 0.141. The zero-order valence-electron chi connectivity index (χ0n) is 10.8. The molecule has 2 heteroatoms. The number of ketones is 1. The maximum atomic E-state index is 11.4. The lowest BCUT2D eigenvalue weighted by Crippen LogP contribution is -2.39. The molecule has 0 aromatic heterocycles. The molecule has 2 fully saturated rings. The largest absolute Gasteiger partial charge is 0.304 e. The first kappa shape index (κ1) is 12.7. The fourth-order valence-electron chi connectivity index (χ4n) is 2.98. The molecule has 3 atom stereocenters. The Bertz CT molecular complexity index is 235. The van der Waals surface area contributed by atoms with Gasteiger partial charge in [0.05, 0.1) is 6.04 Å². The van der Waals surface area contributed by atoms with Crippen molar-refractivity contribution in [3.63, 3.8) is 0 Å². The van der Waals surface area contributed by atoms with Crippen LogP contribution in [0.5, 0.6) is 0 Å². The number of Topliss-reactive ketones (excluding diaryl/α,β-unsaturated/α-hetero) is 1. The summed E-state index contributed by atoms with van der Waals surface area (Å²) in [5, 5.41) is 3.46. The summed E-state index contributed by atoms with van der Waals surface area (Å²) in [4.78, 5) is 11.4. The molecule has 2 rings (SSSR count). The van der Waals surface area contributed by atoms with Crippen LogP contribution < -0.4 is 5.32 Å². The fraction of sp³-hybridized carbons (Fsp3) is 0.923. The van der Waals surface area contributed by atoms with Crippen LogP contribution in [0.15, 0.2) is 0 Å². The quantitative estimate of drug-likeness (QED) is 0.722. The molecule has 1 aliphatic heterocycles. The Balaban J connectivity index is 0.000000531. The molecule has 0 aromatic rings. The summed E-state index contributed by atoms with van der Waals surface area (Å²) in [5.74, 6) is 0.895. The Hall–Kier alpha value is -0.370. The second-order valence-corrected chi connectivity index (χ2v) is 5.32. The Morgan fingerprint density at radius 1 is 1.33 bits per heavy atom. The van der Waals surface area contributed by atoms with E-state index in [1.165, 1.54) is 19.3 Å². The van der Waals surface area contributed by atoms with Crippen molar-refractivity contribution in [2.75, 3.05) is 0 Å². The SMILES string of the molecule is CC.CC(=O)C1NC2CCC(C)(C)C1C2. The van der Waals surface area contributed by atoms with Gasteiger partial charge in [-0.3, -0.25) is 4.79 Å². The van der Waals surface area contributed by atoms with Gasteiger partial charge in [0.15, 0.2) is 0 Å². The van der Waals surface area contributed by atoms with Crippen LogP contribution in [-0.2, 0) is 4.79 Å². The lowest BCUT2D eigenvalue weighted by atomic mass is 9.67. The van der Waals surface area contributed by atoms with Crippen molar-refractivity contribution in [2.24, 2.45) is 11.3 Å². The lowest BCUT2D eigenvalue weighted by molar-refractivity contribution is -0.120. The summed E-state index contributed by atoms with van der Waals surface area (Å²) in [6.07, 6.45) is 3.71. The average Bonchev–Trinajstić information content (AvgIpc) is 2.57. The van der Waals surface area contributed by atoms with Gasteiger partial charge in [-0.1, -0.05) is 27.7 Å². The van der Waals surface area contributed by atoms with Gasteiger partial charge in [-0.15, -0.1) is 0 Å². The predicted molar refractivity (Wildman–Crippen MR) is 63.9 cm³/mol. The molecule has 0 amide bonds. The van der Waals surface area contributed by atoms with Crippen molar-refractivity contribution in [1.29, 1.82) is 0 Å². The molecule has 2 nitrogen and oxygen atoms in total. The van der Waals surface area contributed by atoms with E-state index in [0.29, 0.717) is 23.2 Å². The van der Waals surface area contributed by atoms with Gasteiger partial charge in [0.2, 0.25) is 0 Å². The molecular formula is C13H25NO. The van der Waals surface area contributed by atoms with Gasteiger partial charge in [0.1, 0.15) is 5.78 Å². The zero-order chi connectivity index (χ0) is 11.6. The number of hydrogen-bond acceptors (Lipinski definition) is 2. The van der Waals surface area contributed by atoms with Crippen molar-refractivity contribution >= 4 is 5.78 Å². The van der Waals surface area contributed by atoms with Gasteiger partial charge in [-0.05, 0) is 37.5 Å². The summed E-state index contributed by atoms with van der Waals surface area (Å²) in [6, 6.07) is 0.759. The second-order valence-electron chi connectivity index (χ2n) is 5.32. The highest BCUT2D eigenvalue weighted by Crippen LogP contribution is 2.46. The first-order valence-corrected chi connectivity index (χ1v) is 6.27. The minimum Gasteiger partial charge on any atom is -0.304 e. The smallest absolute Gasteiger partial charge is 0.146 e. The Morgan fingerprint density at radius 2 is 1.93 bits per heavy atom. The highest BCUT2D eigenvalue weighted by Gasteiger charge is 2.47. The summed E-state index contributed by atoms with van der Waals surface area (Å²) >= 11 is 0. The third-order valence-electron chi connectivity index (χ3n) is 3.93. The standard InChI is InChI=1S/C11H19NO.C2H6/c1-7(13)10-9-6-8(12-10)4-5-11(9,2)3;1-2/h8-10,12H,4-6H2,1-3H3;1-2H3. The van der Waals surface area contributed by atoms with Crippen LogP contribution in [0.25, 0.3) is 0 Å². The van der Waals surface area contributed by atoms with Crippen LogP contribution in [0.3, 0.4) is 0 Å². The van der Waals surface area contributed by atoms with Gasteiger partial charge in [-0.25, -0.2) is 0 Å². The normalized spacial score (nSPS) is 36.7. The van der Waals surface area contributed by atoms with Crippen molar-refractivity contribution in [1.82, 2.24) is 5.32 Å². The molecule has 2 bridgehead atoms. The molecule has 3 unspecified atom stereocenters. The summed E-state index contributed by atoms with van der Waals surface area (Å²) < 4.78 is 0. The maximum absolute atomic E-state index is 11.4. The number of carbonyl (C=O) groups is 1. The Labute approximate surface area is 93.8 Å². The molecule has 0 aromatic carbocycles.